The molecule has 0 saturated carbocycles. The van der Waals surface area contributed by atoms with Gasteiger partial charge >= 0.3 is 0 Å². The number of aromatic nitrogens is 4. The van der Waals surface area contributed by atoms with Crippen molar-refractivity contribution in [2.45, 2.75) is 13.5 Å². The molecular formula is C9H10ClN5O. The van der Waals surface area contributed by atoms with Crippen LogP contribution in [0.3, 0.4) is 0 Å². The van der Waals surface area contributed by atoms with E-state index in [1.165, 1.54) is 0 Å². The van der Waals surface area contributed by atoms with Crippen LogP contribution in [0.2, 0.25) is 5.02 Å². The molecule has 2 aromatic rings. The highest BCUT2D eigenvalue weighted by Gasteiger charge is 2.08. The first-order valence-corrected chi connectivity index (χ1v) is 5.03. The van der Waals surface area contributed by atoms with Gasteiger partial charge in [0, 0.05) is 6.20 Å². The van der Waals surface area contributed by atoms with Crippen molar-refractivity contribution < 1.29 is 4.79 Å². The summed E-state index contributed by atoms with van der Waals surface area (Å²) in [5.74, 6) is 1.02. The highest BCUT2D eigenvalue weighted by Crippen LogP contribution is 2.09. The molecule has 1 amide bonds. The summed E-state index contributed by atoms with van der Waals surface area (Å²) in [4.78, 5) is 18.4. The Kier molecular flexibility index (Phi) is 2.91. The third-order valence-corrected chi connectivity index (χ3v) is 2.16. The van der Waals surface area contributed by atoms with Crippen LogP contribution in [0.4, 0.5) is 0 Å². The maximum absolute atomic E-state index is 11.6. The topological polar surface area (TPSA) is 86.5 Å². The van der Waals surface area contributed by atoms with Crippen molar-refractivity contribution in [3.05, 3.63) is 34.6 Å². The molecule has 0 atom stereocenters. The fourth-order valence-corrected chi connectivity index (χ4v) is 1.39. The summed E-state index contributed by atoms with van der Waals surface area (Å²) in [5, 5.41) is 9.76. The quantitative estimate of drug-likeness (QED) is 0.748. The molecule has 7 heteroatoms. The summed E-state index contributed by atoms with van der Waals surface area (Å²) in [5.41, 5.74) is 0.414. The average molecular weight is 240 g/mol. The lowest BCUT2D eigenvalue weighted by Gasteiger charge is -1.99. The van der Waals surface area contributed by atoms with Crippen LogP contribution in [0.15, 0.2) is 12.3 Å². The Morgan fingerprint density at radius 2 is 2.44 bits per heavy atom. The minimum Gasteiger partial charge on any atom is -0.356 e. The monoisotopic (exact) mass is 239 g/mol. The Bertz CT molecular complexity index is 503. The van der Waals surface area contributed by atoms with E-state index in [0.29, 0.717) is 22.4 Å². The first-order chi connectivity index (χ1) is 7.65. The van der Waals surface area contributed by atoms with Crippen molar-refractivity contribution in [3.63, 3.8) is 0 Å². The number of H-pyrrole nitrogens is 2. The lowest BCUT2D eigenvalue weighted by Crippen LogP contribution is -2.23. The van der Waals surface area contributed by atoms with E-state index in [2.05, 4.69) is 25.5 Å². The van der Waals surface area contributed by atoms with Gasteiger partial charge in [0.15, 0.2) is 5.82 Å². The van der Waals surface area contributed by atoms with Gasteiger partial charge in [-0.05, 0) is 13.0 Å². The number of aryl methyl sites for hydroxylation is 1. The average Bonchev–Trinajstić information content (AvgIpc) is 2.84. The first-order valence-electron chi connectivity index (χ1n) is 4.65. The lowest BCUT2D eigenvalue weighted by molar-refractivity contribution is 0.0945. The summed E-state index contributed by atoms with van der Waals surface area (Å²) < 4.78 is 0. The van der Waals surface area contributed by atoms with Crippen LogP contribution >= 0.6 is 11.6 Å². The van der Waals surface area contributed by atoms with Crippen LogP contribution in [0.1, 0.15) is 22.1 Å². The van der Waals surface area contributed by atoms with Crippen LogP contribution in [0.25, 0.3) is 0 Å². The van der Waals surface area contributed by atoms with Crippen molar-refractivity contribution in [1.82, 2.24) is 25.5 Å². The van der Waals surface area contributed by atoms with E-state index in [4.69, 9.17) is 11.6 Å². The molecule has 0 aromatic carbocycles. The van der Waals surface area contributed by atoms with Crippen LogP contribution in [-0.2, 0) is 6.54 Å². The second-order valence-corrected chi connectivity index (χ2v) is 3.69. The molecule has 3 N–H and O–H groups in total. The molecule has 0 fully saturated rings. The summed E-state index contributed by atoms with van der Waals surface area (Å²) in [6, 6.07) is 1.56. The van der Waals surface area contributed by atoms with E-state index >= 15 is 0 Å². The molecule has 0 radical (unpaired) electrons. The number of rotatable bonds is 3. The van der Waals surface area contributed by atoms with E-state index in [1.807, 2.05) is 0 Å². The number of amides is 1. The van der Waals surface area contributed by atoms with Crippen LogP contribution in [0, 0.1) is 6.92 Å². The highest BCUT2D eigenvalue weighted by molar-refractivity contribution is 6.30. The zero-order valence-corrected chi connectivity index (χ0v) is 9.30. The van der Waals surface area contributed by atoms with Gasteiger partial charge in [-0.1, -0.05) is 11.6 Å². The smallest absolute Gasteiger partial charge is 0.268 e. The van der Waals surface area contributed by atoms with Gasteiger partial charge in [-0.15, -0.1) is 0 Å². The largest absolute Gasteiger partial charge is 0.356 e. The Hall–Kier alpha value is -1.82. The van der Waals surface area contributed by atoms with Gasteiger partial charge in [0.1, 0.15) is 11.5 Å². The van der Waals surface area contributed by atoms with Crippen molar-refractivity contribution >= 4 is 17.5 Å². The summed E-state index contributed by atoms with van der Waals surface area (Å²) in [6.07, 6.45) is 1.55. The van der Waals surface area contributed by atoms with Gasteiger partial charge in [0.05, 0.1) is 11.6 Å². The number of carbonyl (C=O) groups excluding carboxylic acids is 1. The molecule has 0 bridgehead atoms. The zero-order chi connectivity index (χ0) is 11.5. The van der Waals surface area contributed by atoms with E-state index in [1.54, 1.807) is 19.2 Å². The maximum Gasteiger partial charge on any atom is 0.268 e. The molecule has 0 aliphatic rings. The maximum atomic E-state index is 11.6. The molecule has 2 rings (SSSR count). The van der Waals surface area contributed by atoms with Crippen LogP contribution < -0.4 is 5.32 Å². The molecular weight excluding hydrogens is 230 g/mol. The molecule has 0 aliphatic heterocycles. The first kappa shape index (κ1) is 10.7. The molecule has 0 spiro atoms. The number of hydrogen-bond acceptors (Lipinski definition) is 3. The Balaban J connectivity index is 1.93. The Morgan fingerprint density at radius 3 is 3.00 bits per heavy atom. The molecule has 6 nitrogen and oxygen atoms in total. The number of carbonyl (C=O) groups is 1. The van der Waals surface area contributed by atoms with Crippen molar-refractivity contribution in [1.29, 1.82) is 0 Å². The molecule has 84 valence electrons. The fraction of sp³-hybridized carbons (Fsp3) is 0.222. The van der Waals surface area contributed by atoms with E-state index < -0.39 is 0 Å². The fourth-order valence-electron chi connectivity index (χ4n) is 1.22. The molecule has 0 aliphatic carbocycles. The Morgan fingerprint density at radius 1 is 1.62 bits per heavy atom. The van der Waals surface area contributed by atoms with Crippen molar-refractivity contribution in [3.8, 4) is 0 Å². The number of aromatic amines is 2. The molecule has 2 heterocycles. The number of halogens is 1. The van der Waals surface area contributed by atoms with Gasteiger partial charge in [-0.2, -0.15) is 5.10 Å². The lowest BCUT2D eigenvalue weighted by atomic mass is 10.4. The third-order valence-electron chi connectivity index (χ3n) is 1.94. The second-order valence-electron chi connectivity index (χ2n) is 3.25. The van der Waals surface area contributed by atoms with E-state index in [0.717, 1.165) is 0 Å². The number of nitrogens with one attached hydrogen (secondary N) is 3. The number of hydrogen-bond donors (Lipinski definition) is 3. The highest BCUT2D eigenvalue weighted by atomic mass is 35.5. The van der Waals surface area contributed by atoms with Gasteiger partial charge in [0.25, 0.3) is 5.91 Å². The van der Waals surface area contributed by atoms with Crippen LogP contribution in [-0.4, -0.2) is 26.1 Å². The Labute approximate surface area is 96.4 Å². The van der Waals surface area contributed by atoms with Gasteiger partial charge in [0.2, 0.25) is 0 Å². The molecule has 2 aromatic heterocycles. The second kappa shape index (κ2) is 4.36. The minimum atomic E-state index is -0.241. The van der Waals surface area contributed by atoms with E-state index in [9.17, 15) is 4.79 Å². The molecule has 0 saturated heterocycles. The van der Waals surface area contributed by atoms with Crippen molar-refractivity contribution in [2.75, 3.05) is 0 Å². The SMILES string of the molecule is Cc1nc(CNC(=O)c2cc(Cl)c[nH]2)n[nH]1. The van der Waals surface area contributed by atoms with E-state index in [-0.39, 0.29) is 12.5 Å². The van der Waals surface area contributed by atoms with Gasteiger partial charge in [-0.3, -0.25) is 9.89 Å². The zero-order valence-electron chi connectivity index (χ0n) is 8.54. The standard InChI is InChI=1S/C9H10ClN5O/c1-5-13-8(15-14-5)4-12-9(16)7-2-6(10)3-11-7/h2-3,11H,4H2,1H3,(H,12,16)(H,13,14,15). The number of nitrogens with zero attached hydrogens (tertiary/aromatic N) is 2. The molecule has 0 unspecified atom stereocenters. The summed E-state index contributed by atoms with van der Waals surface area (Å²) >= 11 is 5.68. The predicted octanol–water partition coefficient (Wildman–Crippen LogP) is 1.02. The summed E-state index contributed by atoms with van der Waals surface area (Å²) in [7, 11) is 0. The predicted molar refractivity (Wildman–Crippen MR) is 58.1 cm³/mol. The summed E-state index contributed by atoms with van der Waals surface area (Å²) in [6.45, 7) is 2.07. The van der Waals surface area contributed by atoms with Crippen molar-refractivity contribution in [2.24, 2.45) is 0 Å². The van der Waals surface area contributed by atoms with Crippen LogP contribution in [0.5, 0.6) is 0 Å². The van der Waals surface area contributed by atoms with Gasteiger partial charge in [-0.25, -0.2) is 4.98 Å². The van der Waals surface area contributed by atoms with Gasteiger partial charge < -0.3 is 10.3 Å². The normalized spacial score (nSPS) is 10.4. The molecule has 16 heavy (non-hydrogen) atoms. The minimum absolute atomic E-state index is 0.241. The third kappa shape index (κ3) is 2.40.